The summed E-state index contributed by atoms with van der Waals surface area (Å²) in [5.74, 6) is -0.448. The van der Waals surface area contributed by atoms with E-state index in [4.69, 9.17) is 5.73 Å². The fourth-order valence-electron chi connectivity index (χ4n) is 1.58. The first-order valence-corrected chi connectivity index (χ1v) is 6.39. The zero-order valence-corrected chi connectivity index (χ0v) is 11.1. The minimum atomic E-state index is -0.448. The first kappa shape index (κ1) is 12.6. The number of pyridine rings is 1. The summed E-state index contributed by atoms with van der Waals surface area (Å²) in [5, 5.41) is 0.652. The quantitative estimate of drug-likeness (QED) is 0.920. The van der Waals surface area contributed by atoms with Crippen molar-refractivity contribution in [2.24, 2.45) is 5.73 Å². The number of benzene rings is 1. The molecular formula is C14H14N2OS. The summed E-state index contributed by atoms with van der Waals surface area (Å²) in [7, 11) is 0. The number of nitrogens with two attached hydrogens (primary N) is 1. The molecule has 0 aliphatic carbocycles. The van der Waals surface area contributed by atoms with Crippen LogP contribution in [0, 0.1) is 13.8 Å². The van der Waals surface area contributed by atoms with Crippen LogP contribution >= 0.6 is 11.8 Å². The Kier molecular flexibility index (Phi) is 3.67. The Morgan fingerprint density at radius 3 is 2.78 bits per heavy atom. The fraction of sp³-hybridized carbons (Fsp3) is 0.143. The molecule has 1 heterocycles. The average molecular weight is 258 g/mol. The third-order valence-corrected chi connectivity index (χ3v) is 3.77. The lowest BCUT2D eigenvalue weighted by Gasteiger charge is -2.08. The lowest BCUT2D eigenvalue weighted by atomic mass is 10.2. The van der Waals surface area contributed by atoms with Crippen molar-refractivity contribution < 1.29 is 4.79 Å². The smallest absolute Gasteiger partial charge is 0.251 e. The van der Waals surface area contributed by atoms with Crippen LogP contribution < -0.4 is 5.73 Å². The van der Waals surface area contributed by atoms with Crippen molar-refractivity contribution in [3.05, 3.63) is 53.2 Å². The van der Waals surface area contributed by atoms with Crippen LogP contribution in [-0.4, -0.2) is 10.9 Å². The summed E-state index contributed by atoms with van der Waals surface area (Å²) in [4.78, 5) is 16.7. The van der Waals surface area contributed by atoms with Gasteiger partial charge in [0.1, 0.15) is 5.03 Å². The van der Waals surface area contributed by atoms with E-state index in [-0.39, 0.29) is 0 Å². The number of nitrogens with zero attached hydrogens (tertiary/aromatic N) is 1. The van der Waals surface area contributed by atoms with Gasteiger partial charge in [0.05, 0.1) is 5.56 Å². The molecule has 4 heteroatoms. The van der Waals surface area contributed by atoms with Crippen LogP contribution in [0.1, 0.15) is 21.5 Å². The number of carbonyl (C=O) groups is 1. The topological polar surface area (TPSA) is 56.0 Å². The number of carbonyl (C=O) groups excluding carboxylic acids is 1. The highest BCUT2D eigenvalue weighted by molar-refractivity contribution is 7.99. The third kappa shape index (κ3) is 2.71. The third-order valence-electron chi connectivity index (χ3n) is 2.59. The molecule has 2 N–H and O–H groups in total. The number of aromatic nitrogens is 1. The van der Waals surface area contributed by atoms with Gasteiger partial charge in [0, 0.05) is 11.1 Å². The average Bonchev–Trinajstić information content (AvgIpc) is 2.34. The lowest BCUT2D eigenvalue weighted by Crippen LogP contribution is -2.12. The molecule has 3 nitrogen and oxygen atoms in total. The Balaban J connectivity index is 2.40. The predicted octanol–water partition coefficient (Wildman–Crippen LogP) is 2.95. The summed E-state index contributed by atoms with van der Waals surface area (Å²) in [6.45, 7) is 4.07. The molecule has 1 aromatic carbocycles. The zero-order valence-electron chi connectivity index (χ0n) is 10.3. The molecule has 0 spiro atoms. The summed E-state index contributed by atoms with van der Waals surface area (Å²) in [5.41, 5.74) is 8.14. The summed E-state index contributed by atoms with van der Waals surface area (Å²) < 4.78 is 0. The normalized spacial score (nSPS) is 10.3. The maximum atomic E-state index is 11.3. The number of rotatable bonds is 3. The molecule has 1 aromatic heterocycles. The fourth-order valence-corrected chi connectivity index (χ4v) is 2.66. The first-order chi connectivity index (χ1) is 8.58. The van der Waals surface area contributed by atoms with Crippen molar-refractivity contribution in [3.63, 3.8) is 0 Å². The van der Waals surface area contributed by atoms with E-state index >= 15 is 0 Å². The van der Waals surface area contributed by atoms with Gasteiger partial charge in [-0.2, -0.15) is 0 Å². The maximum Gasteiger partial charge on any atom is 0.251 e. The van der Waals surface area contributed by atoms with Crippen molar-refractivity contribution in [1.29, 1.82) is 0 Å². The van der Waals surface area contributed by atoms with Gasteiger partial charge in [0.15, 0.2) is 0 Å². The van der Waals surface area contributed by atoms with Crippen LogP contribution in [0.5, 0.6) is 0 Å². The molecule has 2 rings (SSSR count). The Morgan fingerprint density at radius 1 is 1.28 bits per heavy atom. The summed E-state index contributed by atoms with van der Waals surface area (Å²) in [6.07, 6.45) is 1.67. The lowest BCUT2D eigenvalue weighted by molar-refractivity contribution is 0.0997. The molecule has 2 aromatic rings. The predicted molar refractivity (Wildman–Crippen MR) is 72.8 cm³/mol. The molecule has 0 atom stereocenters. The van der Waals surface area contributed by atoms with Crippen molar-refractivity contribution in [1.82, 2.24) is 4.98 Å². The van der Waals surface area contributed by atoms with Crippen LogP contribution in [0.25, 0.3) is 0 Å². The number of primary amides is 1. The second kappa shape index (κ2) is 5.23. The van der Waals surface area contributed by atoms with Crippen molar-refractivity contribution in [3.8, 4) is 0 Å². The number of aryl methyl sites for hydroxylation is 2. The molecule has 92 valence electrons. The van der Waals surface area contributed by atoms with Crippen LogP contribution in [-0.2, 0) is 0 Å². The minimum absolute atomic E-state index is 0.448. The Hall–Kier alpha value is -1.81. The van der Waals surface area contributed by atoms with E-state index in [1.54, 1.807) is 18.3 Å². The van der Waals surface area contributed by atoms with E-state index in [0.717, 1.165) is 10.5 Å². The van der Waals surface area contributed by atoms with Crippen molar-refractivity contribution >= 4 is 17.7 Å². The van der Waals surface area contributed by atoms with E-state index < -0.39 is 5.91 Å². The molecule has 0 radical (unpaired) electrons. The van der Waals surface area contributed by atoms with Gasteiger partial charge in [0.25, 0.3) is 5.91 Å². The van der Waals surface area contributed by atoms with Gasteiger partial charge in [-0.3, -0.25) is 4.79 Å². The van der Waals surface area contributed by atoms with Gasteiger partial charge in [-0.15, -0.1) is 0 Å². The Labute approximate surface area is 110 Å². The zero-order chi connectivity index (χ0) is 13.1. The number of amides is 1. The van der Waals surface area contributed by atoms with Gasteiger partial charge >= 0.3 is 0 Å². The van der Waals surface area contributed by atoms with E-state index in [9.17, 15) is 4.79 Å². The Morgan fingerprint density at radius 2 is 2.06 bits per heavy atom. The van der Waals surface area contributed by atoms with Gasteiger partial charge in [0.2, 0.25) is 0 Å². The van der Waals surface area contributed by atoms with E-state index in [1.165, 1.54) is 17.3 Å². The van der Waals surface area contributed by atoms with Crippen molar-refractivity contribution in [2.75, 3.05) is 0 Å². The Bertz CT molecular complexity index is 596. The molecule has 0 unspecified atom stereocenters. The van der Waals surface area contributed by atoms with Gasteiger partial charge in [-0.05, 0) is 43.2 Å². The number of hydrogen-bond acceptors (Lipinski definition) is 3. The van der Waals surface area contributed by atoms with E-state index in [0.29, 0.717) is 10.6 Å². The van der Waals surface area contributed by atoms with Gasteiger partial charge < -0.3 is 5.73 Å². The molecule has 0 bridgehead atoms. The second-order valence-electron chi connectivity index (χ2n) is 4.09. The van der Waals surface area contributed by atoms with E-state index in [1.807, 2.05) is 13.8 Å². The standard InChI is InChI=1S/C14H14N2OS/c1-9-5-6-10(2)12(8-9)18-14-11(13(15)17)4-3-7-16-14/h3-8H,1-2H3,(H2,15,17). The molecule has 0 aliphatic heterocycles. The monoisotopic (exact) mass is 258 g/mol. The minimum Gasteiger partial charge on any atom is -0.366 e. The highest BCUT2D eigenvalue weighted by Gasteiger charge is 2.11. The molecule has 0 saturated heterocycles. The highest BCUT2D eigenvalue weighted by Crippen LogP contribution is 2.31. The molecule has 0 saturated carbocycles. The molecule has 0 aliphatic rings. The summed E-state index contributed by atoms with van der Waals surface area (Å²) >= 11 is 1.47. The molecule has 1 amide bonds. The maximum absolute atomic E-state index is 11.3. The number of hydrogen-bond donors (Lipinski definition) is 1. The van der Waals surface area contributed by atoms with Crippen LogP contribution in [0.4, 0.5) is 0 Å². The molecular weight excluding hydrogens is 244 g/mol. The second-order valence-corrected chi connectivity index (χ2v) is 5.12. The van der Waals surface area contributed by atoms with Crippen LogP contribution in [0.15, 0.2) is 46.5 Å². The summed E-state index contributed by atoms with van der Waals surface area (Å²) in [6, 6.07) is 9.62. The van der Waals surface area contributed by atoms with Crippen LogP contribution in [0.2, 0.25) is 0 Å². The van der Waals surface area contributed by atoms with E-state index in [2.05, 4.69) is 23.2 Å². The first-order valence-electron chi connectivity index (χ1n) is 5.58. The van der Waals surface area contributed by atoms with Crippen LogP contribution in [0.3, 0.4) is 0 Å². The molecule has 18 heavy (non-hydrogen) atoms. The largest absolute Gasteiger partial charge is 0.366 e. The van der Waals surface area contributed by atoms with Gasteiger partial charge in [-0.1, -0.05) is 23.9 Å². The van der Waals surface area contributed by atoms with Gasteiger partial charge in [-0.25, -0.2) is 4.98 Å². The van der Waals surface area contributed by atoms with Crippen molar-refractivity contribution in [2.45, 2.75) is 23.8 Å². The SMILES string of the molecule is Cc1ccc(C)c(Sc2ncccc2C(N)=O)c1. The molecule has 0 fully saturated rings. The highest BCUT2D eigenvalue weighted by atomic mass is 32.2.